The molecule has 0 amide bonds. The first-order valence-electron chi connectivity index (χ1n) is 10.2. The molecule has 0 atom stereocenters. The molecule has 0 bridgehead atoms. The number of aliphatic carboxylic acids is 1. The molecule has 0 unspecified atom stereocenters. The number of nitrogens with two attached hydrogens (primary N) is 1. The summed E-state index contributed by atoms with van der Waals surface area (Å²) in [7, 11) is 0. The number of fused-ring (bicyclic) bond motifs is 1. The number of anilines is 1. The first-order valence-corrected chi connectivity index (χ1v) is 11.0. The number of nitrogens with one attached hydrogen (secondary N) is 1. The van der Waals surface area contributed by atoms with Crippen LogP contribution in [0.2, 0.25) is 0 Å². The average molecular weight is 458 g/mol. The quantitative estimate of drug-likeness (QED) is 0.645. The fourth-order valence-electron chi connectivity index (χ4n) is 4.49. The Morgan fingerprint density at radius 2 is 1.90 bits per heavy atom. The minimum atomic E-state index is -0.695. The third-order valence-electron chi connectivity index (χ3n) is 6.42. The Morgan fingerprint density at radius 1 is 1.17 bits per heavy atom. The number of carboxylic acids is 1. The second-order valence-corrected chi connectivity index (χ2v) is 9.11. The number of carbonyl (C=O) groups is 1. The maximum absolute atomic E-state index is 11.3. The minimum Gasteiger partial charge on any atom is -0.481 e. The Labute approximate surface area is 177 Å². The summed E-state index contributed by atoms with van der Waals surface area (Å²) < 4.78 is 2.46. The number of nitrogen functional groups attached to an aromatic ring is 1. The van der Waals surface area contributed by atoms with Gasteiger partial charge in [-0.15, -0.1) is 0 Å². The summed E-state index contributed by atoms with van der Waals surface area (Å²) in [6, 6.07) is 0. The van der Waals surface area contributed by atoms with Gasteiger partial charge in [0.1, 0.15) is 5.82 Å². The number of hydrogen-bond acceptors (Lipinski definition) is 5. The van der Waals surface area contributed by atoms with E-state index in [1.54, 1.807) is 4.52 Å². The van der Waals surface area contributed by atoms with Crippen molar-refractivity contribution < 1.29 is 9.90 Å². The van der Waals surface area contributed by atoms with Crippen LogP contribution in [0, 0.1) is 11.8 Å². The Kier molecular flexibility index (Phi) is 4.61. The van der Waals surface area contributed by atoms with Crippen molar-refractivity contribution in [2.24, 2.45) is 11.8 Å². The molecule has 29 heavy (non-hydrogen) atoms. The van der Waals surface area contributed by atoms with Crippen LogP contribution in [0.15, 0.2) is 28.5 Å². The van der Waals surface area contributed by atoms with E-state index in [-0.39, 0.29) is 11.8 Å². The van der Waals surface area contributed by atoms with E-state index >= 15 is 0 Å². The summed E-state index contributed by atoms with van der Waals surface area (Å²) >= 11 is 3.62. The lowest BCUT2D eigenvalue weighted by Crippen LogP contribution is -2.22. The number of hydrogen-bond donors (Lipinski definition) is 3. The van der Waals surface area contributed by atoms with Crippen LogP contribution in [-0.4, -0.2) is 32.2 Å². The third kappa shape index (κ3) is 3.33. The summed E-state index contributed by atoms with van der Waals surface area (Å²) in [4.78, 5) is 16.2. The summed E-state index contributed by atoms with van der Waals surface area (Å²) in [5.41, 5.74) is 11.5. The Morgan fingerprint density at radius 3 is 2.52 bits per heavy atom. The van der Waals surface area contributed by atoms with E-state index in [2.05, 4.69) is 38.5 Å². The molecule has 2 saturated carbocycles. The number of aromatic nitrogens is 3. The fourth-order valence-corrected chi connectivity index (χ4v) is 5.07. The van der Waals surface area contributed by atoms with E-state index in [1.807, 2.05) is 6.20 Å². The monoisotopic (exact) mass is 457 g/mol. The maximum Gasteiger partial charge on any atom is 0.306 e. The molecule has 2 fully saturated rings. The standard InChI is InChI=1S/C21H24BrN5O2/c22-17-18(12-3-5-13(6-4-12)21(28)29)26-20-15(10-25-27(20)19(17)23)14-7-8-16(24-9-14)11-1-2-11/h7-8,10-13,24H,1-6,9,23H2,(H,28,29). The Balaban J connectivity index is 1.50. The summed E-state index contributed by atoms with van der Waals surface area (Å²) in [6.07, 6.45) is 11.7. The van der Waals surface area contributed by atoms with Crippen LogP contribution in [-0.2, 0) is 4.79 Å². The summed E-state index contributed by atoms with van der Waals surface area (Å²) in [5, 5.41) is 17.3. The molecule has 4 N–H and O–H groups in total. The Bertz CT molecular complexity index is 1050. The van der Waals surface area contributed by atoms with Crippen LogP contribution < -0.4 is 11.1 Å². The smallest absolute Gasteiger partial charge is 0.306 e. The van der Waals surface area contributed by atoms with Crippen molar-refractivity contribution in [2.75, 3.05) is 12.3 Å². The number of allylic oxidation sites excluding steroid dienone is 3. The van der Waals surface area contributed by atoms with Gasteiger partial charge >= 0.3 is 5.97 Å². The zero-order chi connectivity index (χ0) is 20.1. The predicted molar refractivity (Wildman–Crippen MR) is 114 cm³/mol. The van der Waals surface area contributed by atoms with Gasteiger partial charge in [-0.05, 0) is 72.0 Å². The molecule has 1 aliphatic heterocycles. The average Bonchev–Trinajstić information content (AvgIpc) is 3.50. The van der Waals surface area contributed by atoms with E-state index < -0.39 is 5.97 Å². The van der Waals surface area contributed by atoms with Crippen LogP contribution in [0.5, 0.6) is 0 Å². The second-order valence-electron chi connectivity index (χ2n) is 8.32. The van der Waals surface area contributed by atoms with Crippen LogP contribution >= 0.6 is 15.9 Å². The highest BCUT2D eigenvalue weighted by molar-refractivity contribution is 9.10. The molecule has 3 aliphatic rings. The van der Waals surface area contributed by atoms with Gasteiger partial charge in [-0.1, -0.05) is 6.08 Å². The van der Waals surface area contributed by atoms with E-state index in [0.717, 1.165) is 46.3 Å². The molecule has 7 nitrogen and oxygen atoms in total. The zero-order valence-electron chi connectivity index (χ0n) is 16.1. The SMILES string of the molecule is Nc1c(Br)c(C2CCC(C(=O)O)CC2)nc2c(C3=CC=C(C4CC4)NC3)cnn12. The molecule has 2 aromatic heterocycles. The van der Waals surface area contributed by atoms with Gasteiger partial charge in [-0.25, -0.2) is 4.98 Å². The van der Waals surface area contributed by atoms with Gasteiger partial charge in [-0.2, -0.15) is 9.61 Å². The van der Waals surface area contributed by atoms with Crippen LogP contribution in [0.4, 0.5) is 5.82 Å². The van der Waals surface area contributed by atoms with E-state index in [0.29, 0.717) is 24.6 Å². The Hall–Kier alpha value is -2.35. The van der Waals surface area contributed by atoms with Crippen molar-refractivity contribution in [3.63, 3.8) is 0 Å². The molecule has 2 aromatic rings. The number of rotatable bonds is 4. The molecule has 3 heterocycles. The van der Waals surface area contributed by atoms with Crippen molar-refractivity contribution in [1.82, 2.24) is 19.9 Å². The van der Waals surface area contributed by atoms with Crippen molar-refractivity contribution in [3.05, 3.63) is 39.8 Å². The van der Waals surface area contributed by atoms with Gasteiger partial charge in [0.15, 0.2) is 5.65 Å². The lowest BCUT2D eigenvalue weighted by atomic mass is 9.80. The van der Waals surface area contributed by atoms with Crippen molar-refractivity contribution in [1.29, 1.82) is 0 Å². The van der Waals surface area contributed by atoms with Gasteiger partial charge < -0.3 is 16.2 Å². The molecule has 8 heteroatoms. The van der Waals surface area contributed by atoms with Gasteiger partial charge in [0.05, 0.1) is 22.3 Å². The van der Waals surface area contributed by atoms with Crippen molar-refractivity contribution in [2.45, 2.75) is 44.4 Å². The van der Waals surface area contributed by atoms with Crippen LogP contribution in [0.25, 0.3) is 11.2 Å². The first kappa shape index (κ1) is 18.7. The van der Waals surface area contributed by atoms with Gasteiger partial charge in [0, 0.05) is 23.7 Å². The largest absolute Gasteiger partial charge is 0.481 e. The topological polar surface area (TPSA) is 106 Å². The third-order valence-corrected chi connectivity index (χ3v) is 7.23. The van der Waals surface area contributed by atoms with E-state index in [9.17, 15) is 9.90 Å². The lowest BCUT2D eigenvalue weighted by Gasteiger charge is -2.26. The highest BCUT2D eigenvalue weighted by atomic mass is 79.9. The van der Waals surface area contributed by atoms with Gasteiger partial charge in [0.2, 0.25) is 0 Å². The molecule has 5 rings (SSSR count). The normalized spacial score (nSPS) is 24.7. The number of halogens is 1. The minimum absolute atomic E-state index is 0.204. The first-order chi connectivity index (χ1) is 14.0. The molecular weight excluding hydrogens is 434 g/mol. The highest BCUT2D eigenvalue weighted by Crippen LogP contribution is 2.41. The fraction of sp³-hybridized carbons (Fsp3) is 0.476. The predicted octanol–water partition coefficient (Wildman–Crippen LogP) is 3.71. The van der Waals surface area contributed by atoms with Gasteiger partial charge in [0.25, 0.3) is 0 Å². The van der Waals surface area contributed by atoms with Gasteiger partial charge in [-0.3, -0.25) is 4.79 Å². The summed E-state index contributed by atoms with van der Waals surface area (Å²) in [5.74, 6) is 0.500. The van der Waals surface area contributed by atoms with Crippen LogP contribution in [0.1, 0.15) is 55.7 Å². The molecule has 0 saturated heterocycles. The second kappa shape index (κ2) is 7.16. The zero-order valence-corrected chi connectivity index (χ0v) is 17.7. The molecule has 0 aromatic carbocycles. The molecule has 0 spiro atoms. The number of dihydropyridines is 1. The number of carboxylic acid groups (broad SMARTS) is 1. The lowest BCUT2D eigenvalue weighted by molar-refractivity contribution is -0.142. The van der Waals surface area contributed by atoms with Crippen LogP contribution in [0.3, 0.4) is 0 Å². The summed E-state index contributed by atoms with van der Waals surface area (Å²) in [6.45, 7) is 0.764. The highest BCUT2D eigenvalue weighted by Gasteiger charge is 2.31. The van der Waals surface area contributed by atoms with E-state index in [1.165, 1.54) is 18.5 Å². The molecule has 2 aliphatic carbocycles. The maximum atomic E-state index is 11.3. The molecule has 152 valence electrons. The number of nitrogens with zero attached hydrogens (tertiary/aromatic N) is 3. The van der Waals surface area contributed by atoms with E-state index in [4.69, 9.17) is 10.7 Å². The van der Waals surface area contributed by atoms with Crippen molar-refractivity contribution >= 4 is 38.9 Å². The molecule has 0 radical (unpaired) electrons. The van der Waals surface area contributed by atoms with Crippen molar-refractivity contribution in [3.8, 4) is 0 Å². The molecular formula is C21H24BrN5O2.